The third-order valence-corrected chi connectivity index (χ3v) is 2.25. The molecule has 1 saturated heterocycles. The summed E-state index contributed by atoms with van der Waals surface area (Å²) >= 11 is 0. The van der Waals surface area contributed by atoms with E-state index in [1.807, 2.05) is 0 Å². The van der Waals surface area contributed by atoms with Gasteiger partial charge in [0.2, 0.25) is 6.39 Å². The zero-order chi connectivity index (χ0) is 9.10. The molecule has 0 amide bonds. The van der Waals surface area contributed by atoms with Gasteiger partial charge in [-0.1, -0.05) is 5.16 Å². The van der Waals surface area contributed by atoms with Crippen molar-refractivity contribution in [1.29, 1.82) is 0 Å². The van der Waals surface area contributed by atoms with Crippen LogP contribution >= 0.6 is 0 Å². The van der Waals surface area contributed by atoms with Gasteiger partial charge in [0, 0.05) is 6.54 Å². The molecule has 1 fully saturated rings. The summed E-state index contributed by atoms with van der Waals surface area (Å²) in [5, 5.41) is 13.1. The van der Waals surface area contributed by atoms with E-state index in [0.717, 1.165) is 19.4 Å². The maximum absolute atomic E-state index is 9.40. The molecule has 1 aliphatic heterocycles. The van der Waals surface area contributed by atoms with Gasteiger partial charge < -0.3 is 9.63 Å². The van der Waals surface area contributed by atoms with Crippen molar-refractivity contribution in [2.24, 2.45) is 0 Å². The summed E-state index contributed by atoms with van der Waals surface area (Å²) in [7, 11) is 0. The van der Waals surface area contributed by atoms with Crippen molar-refractivity contribution in [1.82, 2.24) is 15.0 Å². The molecule has 5 heteroatoms. The van der Waals surface area contributed by atoms with Gasteiger partial charge in [-0.3, -0.25) is 4.90 Å². The first-order chi connectivity index (χ1) is 6.34. The van der Waals surface area contributed by atoms with E-state index in [-0.39, 0.29) is 6.10 Å². The molecule has 72 valence electrons. The number of β-amino-alcohol motifs (C(OH)–C–C–N with tert-alkyl or cyclic N) is 1. The Labute approximate surface area is 76.4 Å². The van der Waals surface area contributed by atoms with Crippen LogP contribution in [0.25, 0.3) is 0 Å². The second-order valence-electron chi connectivity index (χ2n) is 3.38. The number of piperidine rings is 1. The second kappa shape index (κ2) is 3.85. The van der Waals surface area contributed by atoms with Crippen LogP contribution in [-0.4, -0.2) is 39.3 Å². The fraction of sp³-hybridized carbons (Fsp3) is 0.750. The highest BCUT2D eigenvalue weighted by atomic mass is 16.5. The van der Waals surface area contributed by atoms with E-state index in [1.165, 1.54) is 6.39 Å². The van der Waals surface area contributed by atoms with Crippen molar-refractivity contribution in [3.63, 3.8) is 0 Å². The molecule has 1 aliphatic rings. The largest absolute Gasteiger partial charge is 0.392 e. The first kappa shape index (κ1) is 8.65. The van der Waals surface area contributed by atoms with Crippen molar-refractivity contribution >= 4 is 0 Å². The van der Waals surface area contributed by atoms with Crippen LogP contribution in [0.1, 0.15) is 18.7 Å². The molecule has 1 atom stereocenters. The minimum Gasteiger partial charge on any atom is -0.392 e. The van der Waals surface area contributed by atoms with E-state index in [1.54, 1.807) is 0 Å². The number of aliphatic hydroxyl groups is 1. The minimum atomic E-state index is -0.194. The third kappa shape index (κ3) is 2.26. The van der Waals surface area contributed by atoms with E-state index in [9.17, 15) is 5.11 Å². The zero-order valence-corrected chi connectivity index (χ0v) is 7.39. The second-order valence-corrected chi connectivity index (χ2v) is 3.38. The van der Waals surface area contributed by atoms with Gasteiger partial charge >= 0.3 is 0 Å². The Morgan fingerprint density at radius 1 is 1.69 bits per heavy atom. The maximum Gasteiger partial charge on any atom is 0.213 e. The van der Waals surface area contributed by atoms with Crippen molar-refractivity contribution in [3.8, 4) is 0 Å². The Kier molecular flexibility index (Phi) is 2.56. The predicted molar refractivity (Wildman–Crippen MR) is 44.8 cm³/mol. The standard InChI is InChI=1S/C8H13N3O2/c12-7-2-1-3-11(4-7)5-8-9-6-13-10-8/h6-7,12H,1-5H2/t7-/m0/s1. The lowest BCUT2D eigenvalue weighted by atomic mass is 10.1. The quantitative estimate of drug-likeness (QED) is 0.700. The summed E-state index contributed by atoms with van der Waals surface area (Å²) in [6.07, 6.45) is 3.08. The Morgan fingerprint density at radius 3 is 3.31 bits per heavy atom. The van der Waals surface area contributed by atoms with Gasteiger partial charge in [0.1, 0.15) is 0 Å². The molecule has 0 aliphatic carbocycles. The molecule has 1 aromatic heterocycles. The van der Waals surface area contributed by atoms with Crippen LogP contribution in [0.3, 0.4) is 0 Å². The van der Waals surface area contributed by atoms with Crippen LogP contribution in [0.4, 0.5) is 0 Å². The fourth-order valence-electron chi connectivity index (χ4n) is 1.64. The van der Waals surface area contributed by atoms with Crippen LogP contribution in [0.5, 0.6) is 0 Å². The molecular formula is C8H13N3O2. The molecule has 13 heavy (non-hydrogen) atoms. The van der Waals surface area contributed by atoms with E-state index >= 15 is 0 Å². The smallest absolute Gasteiger partial charge is 0.213 e. The van der Waals surface area contributed by atoms with Gasteiger partial charge in [-0.25, -0.2) is 0 Å². The molecule has 0 saturated carbocycles. The van der Waals surface area contributed by atoms with Crippen LogP contribution in [-0.2, 0) is 6.54 Å². The van der Waals surface area contributed by atoms with Crippen molar-refractivity contribution in [2.75, 3.05) is 13.1 Å². The summed E-state index contributed by atoms with van der Waals surface area (Å²) < 4.78 is 4.63. The lowest BCUT2D eigenvalue weighted by molar-refractivity contribution is 0.0651. The topological polar surface area (TPSA) is 62.4 Å². The summed E-state index contributed by atoms with van der Waals surface area (Å²) in [5.41, 5.74) is 0. The molecule has 0 radical (unpaired) electrons. The van der Waals surface area contributed by atoms with Gasteiger partial charge in [0.25, 0.3) is 0 Å². The molecule has 1 aromatic rings. The lowest BCUT2D eigenvalue weighted by Crippen LogP contribution is -2.37. The van der Waals surface area contributed by atoms with Gasteiger partial charge in [-0.15, -0.1) is 0 Å². The normalized spacial score (nSPS) is 24.8. The van der Waals surface area contributed by atoms with Gasteiger partial charge in [0.15, 0.2) is 5.82 Å². The maximum atomic E-state index is 9.40. The predicted octanol–water partition coefficient (Wildman–Crippen LogP) is 0.0263. The van der Waals surface area contributed by atoms with Gasteiger partial charge in [0.05, 0.1) is 12.6 Å². The first-order valence-corrected chi connectivity index (χ1v) is 4.50. The Bertz CT molecular complexity index is 250. The first-order valence-electron chi connectivity index (χ1n) is 4.50. The molecule has 1 N–H and O–H groups in total. The average molecular weight is 183 g/mol. The number of likely N-dealkylation sites (tertiary alicyclic amines) is 1. The summed E-state index contributed by atoms with van der Waals surface area (Å²) in [6, 6.07) is 0. The average Bonchev–Trinajstić information content (AvgIpc) is 2.57. The van der Waals surface area contributed by atoms with E-state index in [0.29, 0.717) is 18.9 Å². The van der Waals surface area contributed by atoms with Crippen LogP contribution in [0.15, 0.2) is 10.9 Å². The third-order valence-electron chi connectivity index (χ3n) is 2.25. The Hall–Kier alpha value is -0.940. The van der Waals surface area contributed by atoms with Crippen molar-refractivity contribution in [3.05, 3.63) is 12.2 Å². The Morgan fingerprint density at radius 2 is 2.62 bits per heavy atom. The van der Waals surface area contributed by atoms with Crippen molar-refractivity contribution in [2.45, 2.75) is 25.5 Å². The number of aliphatic hydroxyl groups excluding tert-OH is 1. The lowest BCUT2D eigenvalue weighted by Gasteiger charge is -2.28. The van der Waals surface area contributed by atoms with E-state index < -0.39 is 0 Å². The van der Waals surface area contributed by atoms with Crippen LogP contribution in [0, 0.1) is 0 Å². The van der Waals surface area contributed by atoms with E-state index in [4.69, 9.17) is 0 Å². The molecule has 0 bridgehead atoms. The highest BCUT2D eigenvalue weighted by molar-refractivity contribution is 4.81. The number of aromatic nitrogens is 2. The molecule has 2 rings (SSSR count). The van der Waals surface area contributed by atoms with Gasteiger partial charge in [-0.05, 0) is 19.4 Å². The van der Waals surface area contributed by atoms with Crippen LogP contribution < -0.4 is 0 Å². The summed E-state index contributed by atoms with van der Waals surface area (Å²) in [4.78, 5) is 6.07. The molecule has 0 aromatic carbocycles. The molecular weight excluding hydrogens is 170 g/mol. The molecule has 0 unspecified atom stereocenters. The number of hydrogen-bond donors (Lipinski definition) is 1. The molecule has 0 spiro atoms. The summed E-state index contributed by atoms with van der Waals surface area (Å²) in [5.74, 6) is 0.689. The highest BCUT2D eigenvalue weighted by Gasteiger charge is 2.18. The summed E-state index contributed by atoms with van der Waals surface area (Å²) in [6.45, 7) is 2.40. The fourth-order valence-corrected chi connectivity index (χ4v) is 1.64. The molecule has 2 heterocycles. The molecule has 5 nitrogen and oxygen atoms in total. The SMILES string of the molecule is O[C@H]1CCCN(Cc2ncon2)C1. The van der Waals surface area contributed by atoms with Crippen molar-refractivity contribution < 1.29 is 9.63 Å². The zero-order valence-electron chi connectivity index (χ0n) is 7.39. The monoisotopic (exact) mass is 183 g/mol. The number of nitrogens with zero attached hydrogens (tertiary/aromatic N) is 3. The highest BCUT2D eigenvalue weighted by Crippen LogP contribution is 2.11. The number of rotatable bonds is 2. The number of hydrogen-bond acceptors (Lipinski definition) is 5. The Balaban J connectivity index is 1.87. The van der Waals surface area contributed by atoms with E-state index in [2.05, 4.69) is 19.6 Å². The van der Waals surface area contributed by atoms with Gasteiger partial charge in [-0.2, -0.15) is 4.98 Å². The minimum absolute atomic E-state index is 0.194. The van der Waals surface area contributed by atoms with Crippen LogP contribution in [0.2, 0.25) is 0 Å².